The fraction of sp³-hybridized carbons (Fsp3) is 0.400. The third kappa shape index (κ3) is 13.5. The Kier molecular flexibility index (Phi) is 18.3. The van der Waals surface area contributed by atoms with Crippen LogP contribution in [-0.4, -0.2) is 126 Å². The monoisotopic (exact) mass is 1170 g/mol. The molecule has 6 heterocycles. The van der Waals surface area contributed by atoms with Crippen molar-refractivity contribution in [1.82, 2.24) is 33.6 Å². The van der Waals surface area contributed by atoms with Crippen molar-refractivity contribution in [2.45, 2.75) is 95.2 Å². The first-order valence-corrected chi connectivity index (χ1v) is 27.8. The van der Waals surface area contributed by atoms with Crippen LogP contribution < -0.4 is 36.2 Å². The Balaban J connectivity index is 1.01. The predicted octanol–water partition coefficient (Wildman–Crippen LogP) is 3.21. The van der Waals surface area contributed by atoms with Crippen molar-refractivity contribution >= 4 is 42.8 Å². The molecule has 4 aromatic heterocycles. The van der Waals surface area contributed by atoms with E-state index in [1.807, 2.05) is 52.7 Å². The second kappa shape index (κ2) is 25.6. The van der Waals surface area contributed by atoms with Gasteiger partial charge in [0.05, 0.1) is 53.6 Å². The number of benzene rings is 3. The van der Waals surface area contributed by atoms with E-state index in [1.165, 1.54) is 31.9 Å². The van der Waals surface area contributed by atoms with E-state index in [2.05, 4.69) is 25.3 Å². The second-order valence-electron chi connectivity index (χ2n) is 20.0. The number of nitrogens with one attached hydrogen (secondary N) is 3. The molecule has 2 saturated heterocycles. The molecule has 7 aromatic rings. The number of aliphatic hydroxyl groups excluding tert-OH is 1. The molecule has 440 valence electrons. The number of fused-ring (bicyclic) bond motifs is 1. The smallest absolute Gasteiger partial charge is 0.472 e. The van der Waals surface area contributed by atoms with Crippen LogP contribution in [0, 0.1) is 12.8 Å². The van der Waals surface area contributed by atoms with E-state index < -0.39 is 117 Å². The van der Waals surface area contributed by atoms with Crippen LogP contribution in [0.3, 0.4) is 0 Å². The van der Waals surface area contributed by atoms with E-state index in [0.29, 0.717) is 34.7 Å². The van der Waals surface area contributed by atoms with E-state index >= 15 is 0 Å². The van der Waals surface area contributed by atoms with Crippen molar-refractivity contribution in [2.24, 2.45) is 13.0 Å². The topological polar surface area (TPSA) is 331 Å². The molecule has 83 heavy (non-hydrogen) atoms. The first-order chi connectivity index (χ1) is 39.7. The minimum atomic E-state index is -5.42. The van der Waals surface area contributed by atoms with Gasteiger partial charge in [-0.2, -0.15) is 4.98 Å². The molecule has 1 unspecified atom stereocenters. The van der Waals surface area contributed by atoms with Crippen LogP contribution in [0.25, 0.3) is 11.2 Å². The van der Waals surface area contributed by atoms with Crippen LogP contribution in [-0.2, 0) is 70.9 Å². The number of hydrogen-bond acceptors (Lipinski definition) is 19. The Labute approximate surface area is 473 Å². The van der Waals surface area contributed by atoms with Crippen molar-refractivity contribution < 1.29 is 75.7 Å². The summed E-state index contributed by atoms with van der Waals surface area (Å²) in [5, 5.41) is 14.9. The largest absolute Gasteiger partial charge is 0.497 e. The fourth-order valence-electron chi connectivity index (χ4n) is 9.63. The van der Waals surface area contributed by atoms with Gasteiger partial charge in [0.25, 0.3) is 11.1 Å². The molecule has 28 heteroatoms. The Hall–Kier alpha value is -8.14. The van der Waals surface area contributed by atoms with E-state index in [1.54, 1.807) is 74.9 Å². The number of nitrogens with zero attached hydrogens (tertiary/aromatic N) is 6. The highest BCUT2D eigenvalue weighted by molar-refractivity contribution is 7.47. The SMILES string of the molecule is COc1ccc(C(OC[C@H]2O[C@@H](n3cnc4c(=O)[nH]c(NC(=O)C(C)C)nc43)[C@H](O)[C@@H]2OP(=O)(O)OC[C@H]2O[C@@H](n3cc(C)c(=O)[nH]c3=O)C[C@@H]2OC(=O)CCC(=O)OCCn2cc[n+](C)c2)(c2ccccc2)c2ccc(OC)cc2)cc1. The molecule has 0 spiro atoms. The van der Waals surface area contributed by atoms with Gasteiger partial charge in [-0.05, 0) is 47.9 Å². The lowest BCUT2D eigenvalue weighted by Crippen LogP contribution is -2.40. The zero-order valence-corrected chi connectivity index (χ0v) is 46.9. The van der Waals surface area contributed by atoms with Gasteiger partial charge >= 0.3 is 25.5 Å². The van der Waals surface area contributed by atoms with Crippen LogP contribution in [0.4, 0.5) is 5.95 Å². The fourth-order valence-corrected chi connectivity index (χ4v) is 10.6. The predicted molar refractivity (Wildman–Crippen MR) is 291 cm³/mol. The standard InChI is InChI=1S/C55H62N9O18P/c1-32(2)49(68)58-53-57-48-45(51(70)59-53)56-30-64(48)52-46(67)47(41(81-52)28-77-55(34-10-8-7-9-11-34,35-12-16-37(74-5)17-13-35)36-14-18-38(75-6)19-15-36)82-83(72,73)78-29-40-39(26-42(79-40)63-27-33(3)50(69)60-54(63)71)80-44(66)21-20-43(65)76-25-24-62-23-22-61(4)31-62/h7-19,22-23,27,30-32,39-42,46-47,52,67H,20-21,24-26,28-29H2,1-6H3,(H3-,57,58,59,60,68,69,70,71,72,73)/p+1/t39-,40+,41+,42+,46+,47+,52+/m0/s1. The molecule has 5 N–H and O–H groups in total. The van der Waals surface area contributed by atoms with Crippen molar-refractivity contribution in [3.63, 3.8) is 0 Å². The number of hydrogen-bond donors (Lipinski definition) is 5. The van der Waals surface area contributed by atoms with Gasteiger partial charge in [0.1, 0.15) is 79.4 Å². The number of methoxy groups -OCH3 is 2. The number of esters is 2. The van der Waals surface area contributed by atoms with Gasteiger partial charge in [-0.25, -0.2) is 23.5 Å². The molecule has 3 aromatic carbocycles. The third-order valence-electron chi connectivity index (χ3n) is 14.0. The summed E-state index contributed by atoms with van der Waals surface area (Å²) in [5.41, 5.74) is -2.14. The molecule has 9 rings (SSSR count). The van der Waals surface area contributed by atoms with E-state index in [9.17, 15) is 43.3 Å². The minimum absolute atomic E-state index is 0.0378. The number of imidazole rings is 2. The Bertz CT molecular complexity index is 3610. The number of aromatic amines is 2. The zero-order chi connectivity index (χ0) is 59.2. The number of rotatable bonds is 24. The van der Waals surface area contributed by atoms with Crippen molar-refractivity contribution in [3.05, 3.63) is 164 Å². The number of aromatic nitrogens is 8. The highest BCUT2D eigenvalue weighted by Crippen LogP contribution is 2.50. The second-order valence-corrected chi connectivity index (χ2v) is 21.4. The summed E-state index contributed by atoms with van der Waals surface area (Å²) in [4.78, 5) is 102. The maximum absolute atomic E-state index is 14.5. The lowest BCUT2D eigenvalue weighted by Gasteiger charge is -2.37. The van der Waals surface area contributed by atoms with Gasteiger partial charge in [0, 0.05) is 24.1 Å². The average molecular weight is 1170 g/mol. The Morgan fingerprint density at radius 3 is 2.18 bits per heavy atom. The number of aryl methyl sites for hydroxylation is 2. The molecule has 2 fully saturated rings. The minimum Gasteiger partial charge on any atom is -0.497 e. The van der Waals surface area contributed by atoms with Gasteiger partial charge in [-0.15, -0.1) is 0 Å². The van der Waals surface area contributed by atoms with Crippen molar-refractivity contribution in [2.75, 3.05) is 39.4 Å². The molecular weight excluding hydrogens is 1110 g/mol. The van der Waals surface area contributed by atoms with Gasteiger partial charge < -0.3 is 43.2 Å². The molecule has 0 saturated carbocycles. The maximum Gasteiger partial charge on any atom is 0.472 e. The normalized spacial score (nSPS) is 20.5. The van der Waals surface area contributed by atoms with E-state index in [0.717, 1.165) is 10.9 Å². The van der Waals surface area contributed by atoms with E-state index in [-0.39, 0.29) is 42.1 Å². The van der Waals surface area contributed by atoms with Gasteiger partial charge in [0.15, 0.2) is 17.4 Å². The molecule has 2 aliphatic heterocycles. The zero-order valence-electron chi connectivity index (χ0n) is 46.0. The summed E-state index contributed by atoms with van der Waals surface area (Å²) < 4.78 is 73.7. The quantitative estimate of drug-likeness (QED) is 0.0251. The maximum atomic E-state index is 14.5. The van der Waals surface area contributed by atoms with Gasteiger partial charge in [0.2, 0.25) is 18.2 Å². The van der Waals surface area contributed by atoms with Crippen LogP contribution in [0.5, 0.6) is 11.5 Å². The first kappa shape index (κ1) is 59.5. The average Bonchev–Trinajstić information content (AvgIpc) is 4.09. The molecule has 27 nitrogen and oxygen atoms in total. The molecular formula is C55H63N9O18P+. The number of aliphatic hydroxyl groups is 1. The van der Waals surface area contributed by atoms with Gasteiger partial charge in [-0.3, -0.25) is 57.4 Å². The highest BCUT2D eigenvalue weighted by atomic mass is 31.2. The number of phosphoric ester groups is 1. The van der Waals surface area contributed by atoms with Gasteiger partial charge in [-0.1, -0.05) is 68.4 Å². The number of amides is 1. The molecule has 0 bridgehead atoms. The molecule has 8 atom stereocenters. The van der Waals surface area contributed by atoms with Crippen molar-refractivity contribution in [1.29, 1.82) is 0 Å². The summed E-state index contributed by atoms with van der Waals surface area (Å²) in [6.45, 7) is 3.81. The third-order valence-corrected chi connectivity index (χ3v) is 15.0. The summed E-state index contributed by atoms with van der Waals surface area (Å²) in [7, 11) is -0.523. The molecule has 0 radical (unpaired) electrons. The van der Waals surface area contributed by atoms with Crippen LogP contribution in [0.1, 0.15) is 67.8 Å². The number of carbonyl (C=O) groups is 3. The van der Waals surface area contributed by atoms with Crippen LogP contribution >= 0.6 is 7.82 Å². The van der Waals surface area contributed by atoms with Crippen LogP contribution in [0.15, 0.2) is 124 Å². The van der Waals surface area contributed by atoms with Crippen molar-refractivity contribution in [3.8, 4) is 11.5 Å². The summed E-state index contributed by atoms with van der Waals surface area (Å²) in [6.07, 6.45) is -3.80. The number of phosphoric acid groups is 1. The number of H-pyrrole nitrogens is 2. The summed E-state index contributed by atoms with van der Waals surface area (Å²) >= 11 is 0. The number of ether oxygens (including phenoxy) is 7. The molecule has 2 aliphatic rings. The lowest BCUT2D eigenvalue weighted by atomic mass is 9.80. The first-order valence-electron chi connectivity index (χ1n) is 26.3. The highest BCUT2D eigenvalue weighted by Gasteiger charge is 2.52. The van der Waals surface area contributed by atoms with Crippen LogP contribution in [0.2, 0.25) is 0 Å². The lowest BCUT2D eigenvalue weighted by molar-refractivity contribution is -0.671. The number of anilines is 1. The molecule has 1 amide bonds. The van der Waals surface area contributed by atoms with E-state index in [4.69, 9.17) is 42.2 Å². The molecule has 0 aliphatic carbocycles. The number of carbonyl (C=O) groups excluding carboxylic acids is 3. The Morgan fingerprint density at radius 2 is 1.54 bits per heavy atom. The Morgan fingerprint density at radius 1 is 0.880 bits per heavy atom. The summed E-state index contributed by atoms with van der Waals surface area (Å²) in [5.74, 6) is -1.66. The summed E-state index contributed by atoms with van der Waals surface area (Å²) in [6, 6.07) is 23.4.